The molecule has 1 aliphatic carbocycles. The van der Waals surface area contributed by atoms with Gasteiger partial charge in [-0.25, -0.2) is 8.78 Å². The topological polar surface area (TPSA) is 58.6 Å². The van der Waals surface area contributed by atoms with Gasteiger partial charge in [-0.2, -0.15) is 0 Å². The van der Waals surface area contributed by atoms with Crippen LogP contribution in [0.3, 0.4) is 0 Å². The van der Waals surface area contributed by atoms with Gasteiger partial charge >= 0.3 is 5.97 Å². The third-order valence-electron chi connectivity index (χ3n) is 4.67. The van der Waals surface area contributed by atoms with E-state index in [1.54, 1.807) is 12.1 Å². The number of aliphatic carboxylic acids is 1. The normalized spacial score (nSPS) is 19.9. The molecule has 0 saturated heterocycles. The Hall–Kier alpha value is -2.47. The molecule has 4 nitrogen and oxygen atoms in total. The van der Waals surface area contributed by atoms with Crippen LogP contribution >= 0.6 is 0 Å². The molecule has 0 atom stereocenters. The fourth-order valence-corrected chi connectivity index (χ4v) is 3.21. The Balaban J connectivity index is 1.49. The summed E-state index contributed by atoms with van der Waals surface area (Å²) in [5, 5.41) is 12.5. The van der Waals surface area contributed by atoms with E-state index in [2.05, 4.69) is 5.32 Å². The minimum atomic E-state index is -0.697. The number of halogens is 2. The molecule has 2 aromatic rings. The van der Waals surface area contributed by atoms with Crippen molar-refractivity contribution in [3.05, 3.63) is 59.7 Å². The van der Waals surface area contributed by atoms with Gasteiger partial charge in [-0.05, 0) is 43.4 Å². The lowest BCUT2D eigenvalue weighted by Gasteiger charge is -2.27. The highest BCUT2D eigenvalue weighted by atomic mass is 19.1. The number of ether oxygens (including phenoxy) is 1. The summed E-state index contributed by atoms with van der Waals surface area (Å²) in [6.07, 6.45) is 3.15. The molecular formula is C20H21F2NO3. The third-order valence-corrected chi connectivity index (χ3v) is 4.67. The molecule has 1 aliphatic rings. The average Bonchev–Trinajstić information content (AvgIpc) is 2.60. The van der Waals surface area contributed by atoms with Gasteiger partial charge in [0, 0.05) is 30.8 Å². The van der Waals surface area contributed by atoms with Gasteiger partial charge in [-0.15, -0.1) is 0 Å². The molecule has 0 bridgehead atoms. The van der Waals surface area contributed by atoms with Crippen LogP contribution in [0.1, 0.15) is 31.2 Å². The SMILES string of the molecule is O=C(O)C1CCC(NCc2ccc(Oc3cc(F)cc(F)c3)cc2)CC1. The highest BCUT2D eigenvalue weighted by molar-refractivity contribution is 5.70. The maximum atomic E-state index is 13.2. The molecule has 0 aliphatic heterocycles. The van der Waals surface area contributed by atoms with Crippen LogP contribution in [0, 0.1) is 17.6 Å². The van der Waals surface area contributed by atoms with E-state index in [0.29, 0.717) is 31.2 Å². The zero-order valence-corrected chi connectivity index (χ0v) is 14.3. The number of carbonyl (C=O) groups is 1. The van der Waals surface area contributed by atoms with Gasteiger partial charge in [0.25, 0.3) is 0 Å². The predicted octanol–water partition coefficient (Wildman–Crippen LogP) is 4.49. The molecule has 0 aromatic heterocycles. The second-order valence-electron chi connectivity index (χ2n) is 6.62. The lowest BCUT2D eigenvalue weighted by atomic mass is 9.86. The Labute approximate surface area is 150 Å². The van der Waals surface area contributed by atoms with Crippen LogP contribution in [-0.4, -0.2) is 17.1 Å². The smallest absolute Gasteiger partial charge is 0.306 e. The Morgan fingerprint density at radius 2 is 1.62 bits per heavy atom. The quantitative estimate of drug-likeness (QED) is 0.796. The van der Waals surface area contributed by atoms with Crippen LogP contribution in [-0.2, 0) is 11.3 Å². The number of carboxylic acid groups (broad SMARTS) is 1. The molecular weight excluding hydrogens is 340 g/mol. The highest BCUT2D eigenvalue weighted by Gasteiger charge is 2.25. The van der Waals surface area contributed by atoms with Crippen LogP contribution in [0.5, 0.6) is 11.5 Å². The van der Waals surface area contributed by atoms with Crippen molar-refractivity contribution in [3.63, 3.8) is 0 Å². The number of hydrogen-bond acceptors (Lipinski definition) is 3. The molecule has 138 valence electrons. The van der Waals surface area contributed by atoms with Crippen molar-refractivity contribution in [1.29, 1.82) is 0 Å². The van der Waals surface area contributed by atoms with Crippen molar-refractivity contribution in [2.24, 2.45) is 5.92 Å². The van der Waals surface area contributed by atoms with Gasteiger partial charge in [-0.1, -0.05) is 12.1 Å². The van der Waals surface area contributed by atoms with Crippen LogP contribution < -0.4 is 10.1 Å². The van der Waals surface area contributed by atoms with Crippen molar-refractivity contribution < 1.29 is 23.4 Å². The van der Waals surface area contributed by atoms with Gasteiger partial charge < -0.3 is 15.2 Å². The Kier molecular flexibility index (Phi) is 5.83. The number of rotatable bonds is 6. The second-order valence-corrected chi connectivity index (χ2v) is 6.62. The molecule has 0 radical (unpaired) electrons. The van der Waals surface area contributed by atoms with Gasteiger partial charge in [0.05, 0.1) is 5.92 Å². The van der Waals surface area contributed by atoms with E-state index < -0.39 is 17.6 Å². The summed E-state index contributed by atoms with van der Waals surface area (Å²) in [5.74, 6) is -1.66. The summed E-state index contributed by atoms with van der Waals surface area (Å²) >= 11 is 0. The molecule has 3 rings (SSSR count). The zero-order chi connectivity index (χ0) is 18.5. The average molecular weight is 361 g/mol. The van der Waals surface area contributed by atoms with E-state index in [1.807, 2.05) is 12.1 Å². The minimum absolute atomic E-state index is 0.114. The highest BCUT2D eigenvalue weighted by Crippen LogP contribution is 2.26. The van der Waals surface area contributed by atoms with Crippen molar-refractivity contribution >= 4 is 5.97 Å². The first-order valence-electron chi connectivity index (χ1n) is 8.68. The molecule has 2 N–H and O–H groups in total. The fourth-order valence-electron chi connectivity index (χ4n) is 3.21. The van der Waals surface area contributed by atoms with E-state index in [4.69, 9.17) is 9.84 Å². The van der Waals surface area contributed by atoms with E-state index in [9.17, 15) is 13.6 Å². The first-order chi connectivity index (χ1) is 12.5. The number of hydrogen-bond donors (Lipinski definition) is 2. The van der Waals surface area contributed by atoms with Gasteiger partial charge in [0.2, 0.25) is 0 Å². The molecule has 1 fully saturated rings. The van der Waals surface area contributed by atoms with Crippen molar-refractivity contribution in [3.8, 4) is 11.5 Å². The molecule has 26 heavy (non-hydrogen) atoms. The van der Waals surface area contributed by atoms with Gasteiger partial charge in [0.15, 0.2) is 0 Å². The van der Waals surface area contributed by atoms with Gasteiger partial charge in [0.1, 0.15) is 23.1 Å². The first-order valence-corrected chi connectivity index (χ1v) is 8.68. The van der Waals surface area contributed by atoms with Crippen molar-refractivity contribution in [2.75, 3.05) is 0 Å². The van der Waals surface area contributed by atoms with Crippen molar-refractivity contribution in [2.45, 2.75) is 38.3 Å². The Morgan fingerprint density at radius 1 is 1.00 bits per heavy atom. The maximum absolute atomic E-state index is 13.2. The number of nitrogens with one attached hydrogen (secondary N) is 1. The van der Waals surface area contributed by atoms with Crippen LogP contribution in [0.25, 0.3) is 0 Å². The maximum Gasteiger partial charge on any atom is 0.306 e. The summed E-state index contributed by atoms with van der Waals surface area (Å²) < 4.78 is 31.8. The summed E-state index contributed by atoms with van der Waals surface area (Å²) in [6.45, 7) is 0.678. The molecule has 0 amide bonds. The van der Waals surface area contributed by atoms with Crippen LogP contribution in [0.15, 0.2) is 42.5 Å². The monoisotopic (exact) mass is 361 g/mol. The lowest BCUT2D eigenvalue weighted by molar-refractivity contribution is -0.142. The first kappa shape index (κ1) is 18.3. The summed E-state index contributed by atoms with van der Waals surface area (Å²) in [7, 11) is 0. The van der Waals surface area contributed by atoms with E-state index >= 15 is 0 Å². The molecule has 0 spiro atoms. The summed E-state index contributed by atoms with van der Waals surface area (Å²) in [5.41, 5.74) is 1.06. The van der Waals surface area contributed by atoms with Crippen molar-refractivity contribution in [1.82, 2.24) is 5.32 Å². The molecule has 6 heteroatoms. The Morgan fingerprint density at radius 3 is 2.19 bits per heavy atom. The third kappa shape index (κ3) is 5.02. The number of benzene rings is 2. The molecule has 1 saturated carbocycles. The molecule has 0 unspecified atom stereocenters. The minimum Gasteiger partial charge on any atom is -0.481 e. The van der Waals surface area contributed by atoms with Crippen LogP contribution in [0.4, 0.5) is 8.78 Å². The fraction of sp³-hybridized carbons (Fsp3) is 0.350. The lowest BCUT2D eigenvalue weighted by Crippen LogP contribution is -2.34. The van der Waals surface area contributed by atoms with E-state index in [1.165, 1.54) is 0 Å². The summed E-state index contributed by atoms with van der Waals surface area (Å²) in [4.78, 5) is 11.0. The largest absolute Gasteiger partial charge is 0.481 e. The number of carboxylic acids is 1. The predicted molar refractivity (Wildman–Crippen MR) is 93.1 cm³/mol. The second kappa shape index (κ2) is 8.27. The van der Waals surface area contributed by atoms with Crippen LogP contribution in [0.2, 0.25) is 0 Å². The zero-order valence-electron chi connectivity index (χ0n) is 14.3. The summed E-state index contributed by atoms with van der Waals surface area (Å²) in [6, 6.07) is 10.7. The standard InChI is InChI=1S/C20H21F2NO3/c21-15-9-16(22)11-19(10-15)26-18-7-1-13(2-8-18)12-23-17-5-3-14(4-6-17)20(24)25/h1-2,7-11,14,17,23H,3-6,12H2,(H,24,25). The van der Waals surface area contributed by atoms with E-state index in [0.717, 1.165) is 36.6 Å². The Bertz CT molecular complexity index is 736. The van der Waals surface area contributed by atoms with E-state index in [-0.39, 0.29) is 11.7 Å². The molecule has 0 heterocycles. The van der Waals surface area contributed by atoms with Gasteiger partial charge in [-0.3, -0.25) is 4.79 Å². The molecule has 2 aromatic carbocycles.